The lowest BCUT2D eigenvalue weighted by atomic mass is 10.1. The number of anilines is 2. The highest BCUT2D eigenvalue weighted by Gasteiger charge is 2.29. The van der Waals surface area contributed by atoms with E-state index in [0.717, 1.165) is 33.3 Å². The SMILES string of the molecule is CC(C)(C)OC(=O)N=C(NC(=O)OC(C)(C)C)N1CCN(c2cccc(-c3nc(Cl)nc4ccc(Cl)cc34)c2)CC1.CC(C)(C)OC(=O)N=C(NC(=O)OC(C)(C)C)N1CCN(c2cccc(-c3nc(N=C(N)N)nc4ccc(Cl)cc34)c2)CC1.N=C(N)N. The number of hydrogen-bond donors (Lipinski definition) is 7. The summed E-state index contributed by atoms with van der Waals surface area (Å²) in [7, 11) is 0. The highest BCUT2D eigenvalue weighted by molar-refractivity contribution is 6.32. The number of fused-ring (bicyclic) bond motifs is 2. The third-order valence-corrected chi connectivity index (χ3v) is 12.7. The number of halogens is 3. The molecule has 8 rings (SSSR count). The fourth-order valence-electron chi connectivity index (χ4n) is 8.71. The minimum Gasteiger partial charge on any atom is -0.444 e. The van der Waals surface area contributed by atoms with Gasteiger partial charge in [0, 0.05) is 95.7 Å². The first-order valence-corrected chi connectivity index (χ1v) is 29.2. The van der Waals surface area contributed by atoms with Crippen LogP contribution >= 0.6 is 34.8 Å². The number of nitrogens with two attached hydrogens (primary N) is 4. The van der Waals surface area contributed by atoms with E-state index in [0.29, 0.717) is 84.8 Å². The van der Waals surface area contributed by atoms with Crippen LogP contribution < -0.4 is 43.4 Å². The Labute approximate surface area is 531 Å². The number of benzene rings is 4. The summed E-state index contributed by atoms with van der Waals surface area (Å²) in [5.41, 5.74) is 23.5. The van der Waals surface area contributed by atoms with Crippen molar-refractivity contribution in [2.45, 2.75) is 105 Å². The van der Waals surface area contributed by atoms with Gasteiger partial charge >= 0.3 is 24.4 Å². The van der Waals surface area contributed by atoms with Crippen molar-refractivity contribution in [1.82, 2.24) is 40.4 Å². The van der Waals surface area contributed by atoms with E-state index in [1.165, 1.54) is 0 Å². The summed E-state index contributed by atoms with van der Waals surface area (Å²) in [4.78, 5) is 88.3. The number of aliphatic imine (C=N–C) groups is 3. The van der Waals surface area contributed by atoms with Crippen LogP contribution in [0.1, 0.15) is 83.1 Å². The molecule has 2 saturated heterocycles. The second kappa shape index (κ2) is 29.3. The van der Waals surface area contributed by atoms with E-state index in [9.17, 15) is 19.2 Å². The lowest BCUT2D eigenvalue weighted by Gasteiger charge is -2.37. The predicted octanol–water partition coefficient (Wildman–Crippen LogP) is 10.2. The van der Waals surface area contributed by atoms with Crippen molar-refractivity contribution in [3.8, 4) is 22.5 Å². The number of ether oxygens (including phenoxy) is 4. The molecular formula is C60H77Cl3N18O8. The van der Waals surface area contributed by atoms with Crippen LogP contribution in [0.2, 0.25) is 15.3 Å². The van der Waals surface area contributed by atoms with Crippen molar-refractivity contribution in [2.24, 2.45) is 37.9 Å². The van der Waals surface area contributed by atoms with E-state index >= 15 is 0 Å². The summed E-state index contributed by atoms with van der Waals surface area (Å²) in [6.07, 6.45) is -3.02. The number of aromatic nitrogens is 4. The molecule has 29 heteroatoms. The summed E-state index contributed by atoms with van der Waals surface area (Å²) >= 11 is 18.8. The molecule has 0 aliphatic carbocycles. The largest absolute Gasteiger partial charge is 0.444 e. The Kier molecular flexibility index (Phi) is 22.8. The number of alkyl carbamates (subject to hydrolysis) is 2. The maximum atomic E-state index is 12.6. The Balaban J connectivity index is 0.000000268. The molecule has 4 heterocycles. The van der Waals surface area contributed by atoms with Gasteiger partial charge in [-0.2, -0.15) is 4.99 Å². The second-order valence-corrected chi connectivity index (χ2v) is 25.4. The summed E-state index contributed by atoms with van der Waals surface area (Å²) < 4.78 is 21.5. The van der Waals surface area contributed by atoms with Gasteiger partial charge in [0.25, 0.3) is 5.95 Å². The molecule has 6 aromatic rings. The van der Waals surface area contributed by atoms with Gasteiger partial charge in [-0.25, -0.2) is 39.1 Å². The lowest BCUT2D eigenvalue weighted by molar-refractivity contribution is 0.0535. The Morgan fingerprint density at radius 1 is 0.506 bits per heavy atom. The van der Waals surface area contributed by atoms with E-state index in [1.54, 1.807) is 107 Å². The van der Waals surface area contributed by atoms with Gasteiger partial charge in [0.15, 0.2) is 11.9 Å². The van der Waals surface area contributed by atoms with Gasteiger partial charge in [-0.15, -0.1) is 9.98 Å². The summed E-state index contributed by atoms with van der Waals surface area (Å²) in [5.74, 6) is -0.186. The maximum absolute atomic E-state index is 12.6. The van der Waals surface area contributed by atoms with Crippen LogP contribution in [0.3, 0.4) is 0 Å². The zero-order valence-corrected chi connectivity index (χ0v) is 54.1. The van der Waals surface area contributed by atoms with Crippen molar-refractivity contribution in [3.05, 3.63) is 100 Å². The average molecular weight is 1280 g/mol. The summed E-state index contributed by atoms with van der Waals surface area (Å²) in [6.45, 7) is 25.3. The molecule has 4 amide bonds. The van der Waals surface area contributed by atoms with E-state index in [2.05, 4.69) is 66.8 Å². The fraction of sp³-hybridized carbons (Fsp3) is 0.400. The third-order valence-electron chi connectivity index (χ3n) is 12.0. The molecule has 2 fully saturated rings. The van der Waals surface area contributed by atoms with Gasteiger partial charge in [0.1, 0.15) is 22.4 Å². The average Bonchev–Trinajstić information content (AvgIpc) is 2.87. The van der Waals surface area contributed by atoms with Crippen molar-refractivity contribution >= 4 is 122 Å². The maximum Gasteiger partial charge on any atom is 0.437 e. The van der Waals surface area contributed by atoms with Crippen molar-refractivity contribution in [3.63, 3.8) is 0 Å². The van der Waals surface area contributed by atoms with Gasteiger partial charge < -0.3 is 61.5 Å². The second-order valence-electron chi connectivity index (χ2n) is 24.2. The standard InChI is InChI=1S/C30H38ClN9O4.C29H34Cl2N6O4.CH5N3/c1-29(2,3)43-27(41)37-26(38-28(42)44-30(4,5)6)40-14-12-39(13-15-40)20-9-7-8-18(16-20)23-21-17-19(31)10-11-22(21)34-25(35-23)36-24(32)33;1-28(2,3)40-26(38)34-25(35-27(39)41-29(4,5)6)37-14-12-36(13-15-37)20-9-7-8-18(16-20)23-21-17-19(30)10-11-22(21)32-24(31)33-23;2-1(3)4/h7-11,16-17H,12-15H2,1-6H3,(H,37,38,41,42)(H4,32,33,34,35,36);7-11,16-17H,12-15H2,1-6H3,(H,34,35,38,39);(H5,2,3,4). The van der Waals surface area contributed by atoms with Crippen LogP contribution in [-0.2, 0) is 18.9 Å². The van der Waals surface area contributed by atoms with Crippen LogP contribution in [-0.4, -0.2) is 153 Å². The first-order chi connectivity index (χ1) is 41.5. The number of rotatable bonds is 5. The Morgan fingerprint density at radius 2 is 0.876 bits per heavy atom. The molecule has 26 nitrogen and oxygen atoms in total. The quantitative estimate of drug-likeness (QED) is 0.0365. The number of amides is 4. The molecule has 0 unspecified atom stereocenters. The summed E-state index contributed by atoms with van der Waals surface area (Å²) in [5, 5.41) is 14.2. The number of carbonyl (C=O) groups excluding carboxylic acids is 4. The molecule has 476 valence electrons. The third kappa shape index (κ3) is 22.3. The van der Waals surface area contributed by atoms with Crippen LogP contribution in [0.25, 0.3) is 44.3 Å². The van der Waals surface area contributed by atoms with Gasteiger partial charge in [-0.3, -0.25) is 16.0 Å². The molecular weight excluding hydrogens is 1210 g/mol. The molecule has 2 aliphatic heterocycles. The van der Waals surface area contributed by atoms with Crippen LogP contribution in [0.15, 0.2) is 99.9 Å². The van der Waals surface area contributed by atoms with Crippen molar-refractivity contribution in [2.75, 3.05) is 62.2 Å². The molecule has 4 aromatic carbocycles. The normalized spacial score (nSPS) is 14.1. The zero-order valence-electron chi connectivity index (χ0n) is 51.9. The van der Waals surface area contributed by atoms with E-state index in [1.807, 2.05) is 70.5 Å². The van der Waals surface area contributed by atoms with Crippen LogP contribution in [0, 0.1) is 5.41 Å². The minimum absolute atomic E-state index is 0.0681. The molecule has 2 aromatic heterocycles. The predicted molar refractivity (Wildman–Crippen MR) is 350 cm³/mol. The number of nitrogens with zero attached hydrogens (tertiary/aromatic N) is 11. The smallest absolute Gasteiger partial charge is 0.437 e. The first kappa shape index (κ1) is 69.1. The summed E-state index contributed by atoms with van der Waals surface area (Å²) in [6, 6.07) is 26.7. The lowest BCUT2D eigenvalue weighted by Crippen LogP contribution is -2.54. The number of nitrogens with one attached hydrogen (secondary N) is 3. The van der Waals surface area contributed by atoms with Crippen LogP contribution in [0.5, 0.6) is 0 Å². The molecule has 0 spiro atoms. The van der Waals surface area contributed by atoms with Crippen LogP contribution in [0.4, 0.5) is 36.5 Å². The molecule has 2 aliphatic rings. The van der Waals surface area contributed by atoms with E-state index in [4.69, 9.17) is 70.6 Å². The number of piperazine rings is 2. The first-order valence-electron chi connectivity index (χ1n) is 28.1. The van der Waals surface area contributed by atoms with Crippen molar-refractivity contribution in [1.29, 1.82) is 5.41 Å². The Bertz CT molecular complexity index is 3650. The molecule has 0 radical (unpaired) electrons. The molecule has 0 saturated carbocycles. The Hall–Kier alpha value is -9.01. The fourth-order valence-corrected chi connectivity index (χ4v) is 9.23. The highest BCUT2D eigenvalue weighted by Crippen LogP contribution is 2.34. The Morgan fingerprint density at radius 3 is 1.25 bits per heavy atom. The van der Waals surface area contributed by atoms with Gasteiger partial charge in [0.05, 0.1) is 22.4 Å². The van der Waals surface area contributed by atoms with Crippen molar-refractivity contribution < 1.29 is 38.1 Å². The number of hydrogen-bond acceptors (Lipinski definition) is 16. The van der Waals surface area contributed by atoms with E-state index < -0.39 is 46.8 Å². The molecule has 89 heavy (non-hydrogen) atoms. The van der Waals surface area contributed by atoms with E-state index in [-0.39, 0.29) is 35.1 Å². The van der Waals surface area contributed by atoms with Gasteiger partial charge in [0.2, 0.25) is 17.2 Å². The number of carbonyl (C=O) groups is 4. The topological polar surface area (TPSA) is 359 Å². The van der Waals surface area contributed by atoms with Gasteiger partial charge in [-0.05, 0) is 155 Å². The molecule has 0 atom stereocenters. The monoisotopic (exact) mass is 1280 g/mol. The number of guanidine groups is 4. The molecule has 11 N–H and O–H groups in total. The zero-order chi connectivity index (χ0) is 65.8. The molecule has 0 bridgehead atoms. The highest BCUT2D eigenvalue weighted by atomic mass is 35.5. The van der Waals surface area contributed by atoms with Gasteiger partial charge in [-0.1, -0.05) is 47.5 Å². The minimum atomic E-state index is -0.809.